The van der Waals surface area contributed by atoms with Crippen LogP contribution in [0, 0.1) is 0 Å². The van der Waals surface area contributed by atoms with E-state index in [4.69, 9.17) is 0 Å². The summed E-state index contributed by atoms with van der Waals surface area (Å²) in [6.45, 7) is 1.95. The molecule has 1 heterocycles. The van der Waals surface area contributed by atoms with E-state index in [0.29, 0.717) is 29.7 Å². The van der Waals surface area contributed by atoms with Crippen molar-refractivity contribution in [2.75, 3.05) is 6.54 Å². The van der Waals surface area contributed by atoms with E-state index >= 15 is 0 Å². The molecule has 1 aromatic heterocycles. The lowest BCUT2D eigenvalue weighted by Gasteiger charge is -2.09. The van der Waals surface area contributed by atoms with Crippen molar-refractivity contribution < 1.29 is 4.79 Å². The van der Waals surface area contributed by atoms with E-state index in [1.807, 2.05) is 18.2 Å². The summed E-state index contributed by atoms with van der Waals surface area (Å²) in [5, 5.41) is 3.31. The van der Waals surface area contributed by atoms with Gasteiger partial charge >= 0.3 is 0 Å². The minimum Gasteiger partial charge on any atom is -0.356 e. The van der Waals surface area contributed by atoms with Gasteiger partial charge in [-0.05, 0) is 12.1 Å². The van der Waals surface area contributed by atoms with Crippen LogP contribution in [0.25, 0.3) is 10.9 Å². The maximum Gasteiger partial charge on any atom is 0.261 e. The number of para-hydroxylation sites is 1. The number of rotatable bonds is 3. The summed E-state index contributed by atoms with van der Waals surface area (Å²) in [7, 11) is 1.70. The summed E-state index contributed by atoms with van der Waals surface area (Å²) in [4.78, 5) is 27.3. The van der Waals surface area contributed by atoms with Gasteiger partial charge in [0.25, 0.3) is 5.56 Å². The number of aromatic nitrogens is 2. The first-order valence-corrected chi connectivity index (χ1v) is 5.78. The summed E-state index contributed by atoms with van der Waals surface area (Å²) in [5.74, 6) is 0.591. The lowest BCUT2D eigenvalue weighted by Crippen LogP contribution is -2.27. The van der Waals surface area contributed by atoms with Crippen LogP contribution >= 0.6 is 0 Å². The molecule has 1 aromatic carbocycles. The number of nitrogens with one attached hydrogen (secondary N) is 1. The number of carbonyl (C=O) groups is 1. The third-order valence-corrected chi connectivity index (χ3v) is 2.80. The highest BCUT2D eigenvalue weighted by molar-refractivity contribution is 5.77. The fraction of sp³-hybridized carbons (Fsp3) is 0.308. The second kappa shape index (κ2) is 5.00. The van der Waals surface area contributed by atoms with E-state index in [2.05, 4.69) is 10.3 Å². The quantitative estimate of drug-likeness (QED) is 0.861. The van der Waals surface area contributed by atoms with Crippen molar-refractivity contribution in [3.63, 3.8) is 0 Å². The second-order valence-corrected chi connectivity index (χ2v) is 4.14. The number of carbonyl (C=O) groups excluding carboxylic acids is 1. The number of nitrogens with zero attached hydrogens (tertiary/aromatic N) is 2. The number of benzene rings is 1. The molecule has 5 heteroatoms. The molecule has 0 aliphatic rings. The van der Waals surface area contributed by atoms with Gasteiger partial charge < -0.3 is 5.32 Å². The Morgan fingerprint density at radius 3 is 2.83 bits per heavy atom. The van der Waals surface area contributed by atoms with Crippen molar-refractivity contribution in [2.24, 2.45) is 7.05 Å². The Kier molecular flexibility index (Phi) is 3.41. The Morgan fingerprint density at radius 1 is 1.39 bits per heavy atom. The molecule has 0 aliphatic heterocycles. The molecule has 0 fully saturated rings. The zero-order valence-electron chi connectivity index (χ0n) is 10.4. The van der Waals surface area contributed by atoms with E-state index in [1.165, 1.54) is 11.5 Å². The fourth-order valence-electron chi connectivity index (χ4n) is 1.84. The molecule has 2 aromatic rings. The molecule has 0 aliphatic carbocycles. The van der Waals surface area contributed by atoms with Crippen molar-refractivity contribution in [2.45, 2.75) is 13.3 Å². The first-order chi connectivity index (χ1) is 8.59. The van der Waals surface area contributed by atoms with Gasteiger partial charge in [-0.15, -0.1) is 0 Å². The van der Waals surface area contributed by atoms with Gasteiger partial charge in [0.2, 0.25) is 5.91 Å². The standard InChI is InChI=1S/C13H15N3O2/c1-9(17)14-8-7-12-15-11-6-4-3-5-10(11)13(18)16(12)2/h3-6H,7-8H2,1-2H3,(H,14,17). The van der Waals surface area contributed by atoms with Crippen LogP contribution in [0.1, 0.15) is 12.7 Å². The van der Waals surface area contributed by atoms with E-state index < -0.39 is 0 Å². The lowest BCUT2D eigenvalue weighted by atomic mass is 10.2. The van der Waals surface area contributed by atoms with E-state index in [1.54, 1.807) is 13.1 Å². The minimum absolute atomic E-state index is 0.0570. The predicted octanol–water partition coefficient (Wildman–Crippen LogP) is 0.612. The molecule has 0 saturated heterocycles. The van der Waals surface area contributed by atoms with Gasteiger partial charge in [-0.3, -0.25) is 14.2 Å². The molecule has 0 saturated carbocycles. The van der Waals surface area contributed by atoms with Crippen LogP contribution in [0.3, 0.4) is 0 Å². The van der Waals surface area contributed by atoms with Gasteiger partial charge in [0, 0.05) is 26.9 Å². The molecule has 1 N–H and O–H groups in total. The van der Waals surface area contributed by atoms with Gasteiger partial charge in [-0.25, -0.2) is 4.98 Å². The average molecular weight is 245 g/mol. The van der Waals surface area contributed by atoms with Crippen LogP contribution in [0.2, 0.25) is 0 Å². The zero-order chi connectivity index (χ0) is 13.1. The van der Waals surface area contributed by atoms with Gasteiger partial charge in [0.05, 0.1) is 10.9 Å². The van der Waals surface area contributed by atoms with Crippen molar-refractivity contribution in [3.8, 4) is 0 Å². The molecule has 94 valence electrons. The van der Waals surface area contributed by atoms with Crippen LogP contribution in [0.4, 0.5) is 0 Å². The Hall–Kier alpha value is -2.17. The fourth-order valence-corrected chi connectivity index (χ4v) is 1.84. The maximum atomic E-state index is 12.1. The predicted molar refractivity (Wildman–Crippen MR) is 69.4 cm³/mol. The van der Waals surface area contributed by atoms with Crippen molar-refractivity contribution in [1.82, 2.24) is 14.9 Å². The summed E-state index contributed by atoms with van der Waals surface area (Å²) >= 11 is 0. The summed E-state index contributed by atoms with van der Waals surface area (Å²) in [6, 6.07) is 7.26. The first-order valence-electron chi connectivity index (χ1n) is 5.78. The van der Waals surface area contributed by atoms with Gasteiger partial charge in [-0.1, -0.05) is 12.1 Å². The molecule has 18 heavy (non-hydrogen) atoms. The highest BCUT2D eigenvalue weighted by Gasteiger charge is 2.07. The van der Waals surface area contributed by atoms with Crippen LogP contribution in [-0.4, -0.2) is 22.0 Å². The smallest absolute Gasteiger partial charge is 0.261 e. The Balaban J connectivity index is 2.36. The number of hydrogen-bond acceptors (Lipinski definition) is 3. The summed E-state index contributed by atoms with van der Waals surface area (Å²) < 4.78 is 1.53. The molecule has 1 amide bonds. The highest BCUT2D eigenvalue weighted by Crippen LogP contribution is 2.07. The molecular weight excluding hydrogens is 230 g/mol. The van der Waals surface area contributed by atoms with Crippen LogP contribution in [-0.2, 0) is 18.3 Å². The number of fused-ring (bicyclic) bond motifs is 1. The van der Waals surface area contributed by atoms with E-state index in [9.17, 15) is 9.59 Å². The SMILES string of the molecule is CC(=O)NCCc1nc2ccccc2c(=O)n1C. The largest absolute Gasteiger partial charge is 0.356 e. The van der Waals surface area contributed by atoms with Crippen LogP contribution in [0.5, 0.6) is 0 Å². The van der Waals surface area contributed by atoms with Crippen molar-refractivity contribution in [1.29, 1.82) is 0 Å². The number of hydrogen-bond donors (Lipinski definition) is 1. The van der Waals surface area contributed by atoms with Crippen LogP contribution < -0.4 is 10.9 Å². The molecule has 0 radical (unpaired) electrons. The first kappa shape index (κ1) is 12.3. The average Bonchev–Trinajstić information content (AvgIpc) is 2.35. The van der Waals surface area contributed by atoms with Crippen molar-refractivity contribution in [3.05, 3.63) is 40.4 Å². The topological polar surface area (TPSA) is 64.0 Å². The molecule has 0 unspecified atom stereocenters. The molecule has 0 bridgehead atoms. The number of amides is 1. The minimum atomic E-state index is -0.0826. The molecular formula is C13H15N3O2. The Labute approximate surface area is 104 Å². The third kappa shape index (κ3) is 2.40. The van der Waals surface area contributed by atoms with Crippen LogP contribution in [0.15, 0.2) is 29.1 Å². The molecule has 0 spiro atoms. The molecule has 0 atom stereocenters. The summed E-state index contributed by atoms with van der Waals surface area (Å²) in [6.07, 6.45) is 0.538. The highest BCUT2D eigenvalue weighted by atomic mass is 16.1. The second-order valence-electron chi connectivity index (χ2n) is 4.14. The van der Waals surface area contributed by atoms with E-state index in [-0.39, 0.29) is 11.5 Å². The van der Waals surface area contributed by atoms with Crippen molar-refractivity contribution >= 4 is 16.8 Å². The molecule has 2 rings (SSSR count). The normalized spacial score (nSPS) is 10.6. The Bertz CT molecular complexity index is 646. The lowest BCUT2D eigenvalue weighted by molar-refractivity contribution is -0.118. The van der Waals surface area contributed by atoms with Gasteiger partial charge in [-0.2, -0.15) is 0 Å². The third-order valence-electron chi connectivity index (χ3n) is 2.80. The Morgan fingerprint density at radius 2 is 2.11 bits per heavy atom. The monoisotopic (exact) mass is 245 g/mol. The van der Waals surface area contributed by atoms with Gasteiger partial charge in [0.1, 0.15) is 5.82 Å². The molecule has 5 nitrogen and oxygen atoms in total. The van der Waals surface area contributed by atoms with E-state index in [0.717, 1.165) is 0 Å². The zero-order valence-corrected chi connectivity index (χ0v) is 10.4. The maximum absolute atomic E-state index is 12.1. The summed E-state index contributed by atoms with van der Waals surface area (Å²) in [5.41, 5.74) is 0.636. The van der Waals surface area contributed by atoms with Gasteiger partial charge in [0.15, 0.2) is 0 Å².